The largest absolute Gasteiger partial charge is 0.330 e. The van der Waals surface area contributed by atoms with Crippen LogP contribution in [0, 0.1) is 5.41 Å². The molecule has 0 radical (unpaired) electrons. The van der Waals surface area contributed by atoms with Gasteiger partial charge < -0.3 is 5.73 Å². The summed E-state index contributed by atoms with van der Waals surface area (Å²) in [7, 11) is 0. The molecule has 4 heteroatoms. The number of hydrogen-bond donors (Lipinski definition) is 1. The lowest BCUT2D eigenvalue weighted by Gasteiger charge is -2.29. The Bertz CT molecular complexity index is 245. The van der Waals surface area contributed by atoms with Crippen LogP contribution in [0.25, 0.3) is 0 Å². The number of piperidine rings is 1. The van der Waals surface area contributed by atoms with Crippen molar-refractivity contribution in [2.75, 3.05) is 13.1 Å². The zero-order valence-corrected chi connectivity index (χ0v) is 9.58. The number of nitrogens with two attached hydrogens (primary N) is 1. The summed E-state index contributed by atoms with van der Waals surface area (Å²) >= 11 is 0. The summed E-state index contributed by atoms with van der Waals surface area (Å²) in [5.74, 6) is -0.0573. The smallest absolute Gasteiger partial charge is 0.229 e. The zero-order valence-electron chi connectivity index (χ0n) is 9.58. The van der Waals surface area contributed by atoms with Crippen LogP contribution in [0.4, 0.5) is 0 Å². The Morgan fingerprint density at radius 1 is 1.27 bits per heavy atom. The summed E-state index contributed by atoms with van der Waals surface area (Å²) in [4.78, 5) is 24.4. The van der Waals surface area contributed by atoms with E-state index in [1.54, 1.807) is 0 Å². The van der Waals surface area contributed by atoms with Crippen LogP contribution in [0.2, 0.25) is 0 Å². The fraction of sp³-hybridized carbons (Fsp3) is 0.818. The summed E-state index contributed by atoms with van der Waals surface area (Å²) in [6, 6.07) is 0. The summed E-state index contributed by atoms with van der Waals surface area (Å²) in [5.41, 5.74) is 5.60. The second-order valence-electron chi connectivity index (χ2n) is 4.91. The average Bonchev–Trinajstić information content (AvgIpc) is 2.17. The van der Waals surface area contributed by atoms with E-state index < -0.39 is 0 Å². The van der Waals surface area contributed by atoms with Crippen LogP contribution in [0.3, 0.4) is 0 Å². The summed E-state index contributed by atoms with van der Waals surface area (Å²) < 4.78 is 0. The van der Waals surface area contributed by atoms with Crippen molar-refractivity contribution in [1.82, 2.24) is 4.90 Å². The second kappa shape index (κ2) is 4.75. The maximum atomic E-state index is 11.5. The molecule has 0 aromatic heterocycles. The molecule has 1 aliphatic rings. The maximum absolute atomic E-state index is 11.5. The molecule has 0 spiro atoms. The molecule has 1 fully saturated rings. The van der Waals surface area contributed by atoms with Gasteiger partial charge in [0.05, 0.1) is 0 Å². The number of rotatable bonds is 4. The molecule has 0 aromatic carbocycles. The van der Waals surface area contributed by atoms with E-state index in [0.717, 1.165) is 6.42 Å². The first-order valence-electron chi connectivity index (χ1n) is 5.49. The van der Waals surface area contributed by atoms with Crippen LogP contribution in [0.5, 0.6) is 0 Å². The number of hydrogen-bond acceptors (Lipinski definition) is 3. The lowest BCUT2D eigenvalue weighted by atomic mass is 9.89. The Balaban J connectivity index is 2.49. The van der Waals surface area contributed by atoms with Gasteiger partial charge in [0.15, 0.2) is 0 Å². The first-order chi connectivity index (χ1) is 6.96. The minimum absolute atomic E-state index is 0.00198. The van der Waals surface area contributed by atoms with Gasteiger partial charge in [0.2, 0.25) is 11.8 Å². The average molecular weight is 212 g/mol. The molecular weight excluding hydrogens is 192 g/mol. The van der Waals surface area contributed by atoms with Gasteiger partial charge in [-0.25, -0.2) is 0 Å². The molecule has 15 heavy (non-hydrogen) atoms. The highest BCUT2D eigenvalue weighted by molar-refractivity contribution is 5.97. The van der Waals surface area contributed by atoms with Crippen LogP contribution < -0.4 is 5.73 Å². The van der Waals surface area contributed by atoms with E-state index in [0.29, 0.717) is 32.4 Å². The Labute approximate surface area is 90.8 Å². The number of carbonyl (C=O) groups is 2. The quantitative estimate of drug-likeness (QED) is 0.704. The van der Waals surface area contributed by atoms with Crippen molar-refractivity contribution < 1.29 is 9.59 Å². The van der Waals surface area contributed by atoms with E-state index in [4.69, 9.17) is 5.73 Å². The summed E-state index contributed by atoms with van der Waals surface area (Å²) in [6.07, 6.45) is 2.50. The van der Waals surface area contributed by atoms with E-state index in [1.807, 2.05) is 13.8 Å². The predicted octanol–water partition coefficient (Wildman–Crippen LogP) is 0.900. The molecule has 1 aliphatic heterocycles. The van der Waals surface area contributed by atoms with Crippen molar-refractivity contribution in [2.24, 2.45) is 11.1 Å². The van der Waals surface area contributed by atoms with Crippen molar-refractivity contribution in [3.63, 3.8) is 0 Å². The van der Waals surface area contributed by atoms with Crippen molar-refractivity contribution in [2.45, 2.75) is 39.5 Å². The van der Waals surface area contributed by atoms with Crippen LogP contribution in [-0.4, -0.2) is 29.8 Å². The zero-order chi connectivity index (χ0) is 11.5. The monoisotopic (exact) mass is 212 g/mol. The third-order valence-electron chi connectivity index (χ3n) is 2.95. The molecule has 0 unspecified atom stereocenters. The van der Waals surface area contributed by atoms with E-state index in [9.17, 15) is 9.59 Å². The molecule has 2 N–H and O–H groups in total. The highest BCUT2D eigenvalue weighted by Gasteiger charge is 2.27. The minimum atomic E-state index is -0.0286. The Hall–Kier alpha value is -0.900. The maximum Gasteiger partial charge on any atom is 0.229 e. The molecule has 0 bridgehead atoms. The lowest BCUT2D eigenvalue weighted by Crippen LogP contribution is -2.42. The highest BCUT2D eigenvalue weighted by atomic mass is 16.2. The fourth-order valence-corrected chi connectivity index (χ4v) is 1.57. The molecule has 0 saturated carbocycles. The first kappa shape index (κ1) is 12.2. The van der Waals surface area contributed by atoms with E-state index in [1.165, 1.54) is 4.90 Å². The van der Waals surface area contributed by atoms with Crippen molar-refractivity contribution in [1.29, 1.82) is 0 Å². The Morgan fingerprint density at radius 2 is 1.80 bits per heavy atom. The van der Waals surface area contributed by atoms with Gasteiger partial charge in [-0.15, -0.1) is 0 Å². The highest BCUT2D eigenvalue weighted by Crippen LogP contribution is 2.21. The van der Waals surface area contributed by atoms with Crippen LogP contribution in [0.15, 0.2) is 0 Å². The van der Waals surface area contributed by atoms with Crippen LogP contribution >= 0.6 is 0 Å². The molecule has 1 saturated heterocycles. The normalized spacial score (nSPS) is 18.5. The number of nitrogens with zero attached hydrogens (tertiary/aromatic N) is 1. The van der Waals surface area contributed by atoms with Crippen molar-refractivity contribution in [3.8, 4) is 0 Å². The number of carbonyl (C=O) groups excluding carboxylic acids is 2. The topological polar surface area (TPSA) is 63.4 Å². The Morgan fingerprint density at radius 3 is 2.27 bits per heavy atom. The summed E-state index contributed by atoms with van der Waals surface area (Å²) in [6.45, 7) is 5.18. The molecule has 0 atom stereocenters. The molecule has 0 aliphatic carbocycles. The van der Waals surface area contributed by atoms with Gasteiger partial charge in [0.1, 0.15) is 0 Å². The number of amides is 2. The number of likely N-dealkylation sites (tertiary alicyclic amines) is 1. The van der Waals surface area contributed by atoms with E-state index in [-0.39, 0.29) is 17.2 Å². The van der Waals surface area contributed by atoms with E-state index >= 15 is 0 Å². The van der Waals surface area contributed by atoms with E-state index in [2.05, 4.69) is 0 Å². The molecule has 1 heterocycles. The third-order valence-corrected chi connectivity index (χ3v) is 2.95. The van der Waals surface area contributed by atoms with Gasteiger partial charge in [-0.1, -0.05) is 13.8 Å². The SMILES string of the molecule is CC(C)(CN)CCN1C(=O)CCCC1=O. The van der Waals surface area contributed by atoms with Gasteiger partial charge in [-0.05, 0) is 24.8 Å². The molecule has 0 aromatic rings. The van der Waals surface area contributed by atoms with Crippen LogP contribution in [0.1, 0.15) is 39.5 Å². The van der Waals surface area contributed by atoms with Crippen molar-refractivity contribution in [3.05, 3.63) is 0 Å². The Kier molecular flexibility index (Phi) is 3.85. The second-order valence-corrected chi connectivity index (χ2v) is 4.91. The van der Waals surface area contributed by atoms with Gasteiger partial charge in [-0.3, -0.25) is 14.5 Å². The predicted molar refractivity (Wildman–Crippen MR) is 58.0 cm³/mol. The fourth-order valence-electron chi connectivity index (χ4n) is 1.57. The van der Waals surface area contributed by atoms with Gasteiger partial charge >= 0.3 is 0 Å². The standard InChI is InChI=1S/C11H20N2O2/c1-11(2,8-12)6-7-13-9(14)4-3-5-10(13)15/h3-8,12H2,1-2H3. The molecule has 86 valence electrons. The first-order valence-corrected chi connectivity index (χ1v) is 5.49. The lowest BCUT2D eigenvalue weighted by molar-refractivity contribution is -0.148. The minimum Gasteiger partial charge on any atom is -0.330 e. The van der Waals surface area contributed by atoms with Crippen molar-refractivity contribution >= 4 is 11.8 Å². The van der Waals surface area contributed by atoms with Gasteiger partial charge in [-0.2, -0.15) is 0 Å². The molecule has 2 amide bonds. The third kappa shape index (κ3) is 3.30. The molecule has 4 nitrogen and oxygen atoms in total. The van der Waals surface area contributed by atoms with Gasteiger partial charge in [0.25, 0.3) is 0 Å². The van der Waals surface area contributed by atoms with Gasteiger partial charge in [0, 0.05) is 19.4 Å². The van der Waals surface area contributed by atoms with Crippen LogP contribution in [-0.2, 0) is 9.59 Å². The number of imide groups is 1. The summed E-state index contributed by atoms with van der Waals surface area (Å²) in [5, 5.41) is 0. The molecule has 1 rings (SSSR count). The molecular formula is C11H20N2O2.